The van der Waals surface area contributed by atoms with Gasteiger partial charge in [0.2, 0.25) is 5.91 Å². The molecule has 19 heavy (non-hydrogen) atoms. The van der Waals surface area contributed by atoms with E-state index in [4.69, 9.17) is 20.9 Å². The predicted molar refractivity (Wildman–Crippen MR) is 64.9 cm³/mol. The van der Waals surface area contributed by atoms with Gasteiger partial charge in [0.1, 0.15) is 12.2 Å². The first-order valence-corrected chi connectivity index (χ1v) is 5.94. The van der Waals surface area contributed by atoms with E-state index in [1.165, 1.54) is 4.90 Å². The lowest BCUT2D eigenvalue weighted by atomic mass is 9.84. The Hall–Kier alpha value is -1.99. The Morgan fingerprint density at radius 2 is 1.53 bits per heavy atom. The summed E-state index contributed by atoms with van der Waals surface area (Å²) in [6.45, 7) is 0. The van der Waals surface area contributed by atoms with E-state index in [0.717, 1.165) is 0 Å². The fourth-order valence-corrected chi connectivity index (χ4v) is 2.25. The zero-order valence-corrected chi connectivity index (χ0v) is 11.0. The molecule has 0 aliphatic heterocycles. The van der Waals surface area contributed by atoms with Crippen LogP contribution in [-0.4, -0.2) is 49.3 Å². The lowest BCUT2D eigenvalue weighted by Crippen LogP contribution is -2.45. The second-order valence-corrected chi connectivity index (χ2v) is 4.69. The summed E-state index contributed by atoms with van der Waals surface area (Å²) in [5.74, 6) is -0.345. The summed E-state index contributed by atoms with van der Waals surface area (Å²) in [6.07, 6.45) is -2.12. The third-order valence-electron chi connectivity index (χ3n) is 3.06. The van der Waals surface area contributed by atoms with Crippen LogP contribution in [0.1, 0.15) is 19.3 Å². The van der Waals surface area contributed by atoms with E-state index in [1.807, 2.05) is 0 Å². The van der Waals surface area contributed by atoms with Crippen molar-refractivity contribution in [3.63, 3.8) is 0 Å². The molecule has 8 heteroatoms. The number of primary amides is 2. The first-order valence-electron chi connectivity index (χ1n) is 5.94. The Balaban J connectivity index is 2.72. The number of carbonyl (C=O) groups is 3. The van der Waals surface area contributed by atoms with Crippen molar-refractivity contribution >= 4 is 18.1 Å². The van der Waals surface area contributed by atoms with Crippen LogP contribution in [0.25, 0.3) is 0 Å². The summed E-state index contributed by atoms with van der Waals surface area (Å²) >= 11 is 0. The smallest absolute Gasteiger partial charge is 0.404 e. The van der Waals surface area contributed by atoms with Crippen LogP contribution in [0.5, 0.6) is 0 Å². The van der Waals surface area contributed by atoms with E-state index < -0.39 is 24.4 Å². The molecule has 0 unspecified atom stereocenters. The van der Waals surface area contributed by atoms with Crippen LogP contribution in [0.4, 0.5) is 9.59 Å². The van der Waals surface area contributed by atoms with Crippen molar-refractivity contribution in [1.29, 1.82) is 0 Å². The monoisotopic (exact) mass is 273 g/mol. The molecule has 0 saturated heterocycles. The standard InChI is InChI=1S/C11H19N3O5/c1-14(2)9(15)6-3-4-7(18-10(12)16)8(5-6)19-11(13)17/h6-8H,3-5H2,1-2H3,(H2,12,16)(H2,13,17)/t6-,7-,8+/m0/s1. The van der Waals surface area contributed by atoms with Crippen molar-refractivity contribution in [1.82, 2.24) is 4.90 Å². The van der Waals surface area contributed by atoms with Crippen molar-refractivity contribution in [3.05, 3.63) is 0 Å². The minimum atomic E-state index is -0.971. The molecule has 0 spiro atoms. The molecular formula is C11H19N3O5. The van der Waals surface area contributed by atoms with Crippen molar-refractivity contribution in [3.8, 4) is 0 Å². The highest BCUT2D eigenvalue weighted by Gasteiger charge is 2.38. The summed E-state index contributed by atoms with van der Waals surface area (Å²) in [5.41, 5.74) is 9.92. The summed E-state index contributed by atoms with van der Waals surface area (Å²) < 4.78 is 9.77. The first-order chi connectivity index (χ1) is 8.81. The minimum Gasteiger partial charge on any atom is -0.442 e. The van der Waals surface area contributed by atoms with Crippen LogP contribution >= 0.6 is 0 Å². The van der Waals surface area contributed by atoms with Gasteiger partial charge in [0.25, 0.3) is 0 Å². The largest absolute Gasteiger partial charge is 0.442 e. The second kappa shape index (κ2) is 6.26. The Kier molecular flexibility index (Phi) is 4.96. The van der Waals surface area contributed by atoms with Crippen molar-refractivity contribution in [2.24, 2.45) is 17.4 Å². The summed E-state index contributed by atoms with van der Waals surface area (Å²) in [4.78, 5) is 35.0. The Morgan fingerprint density at radius 1 is 1.00 bits per heavy atom. The molecule has 8 nitrogen and oxygen atoms in total. The molecule has 0 aromatic heterocycles. The van der Waals surface area contributed by atoms with Crippen molar-refractivity contribution < 1.29 is 23.9 Å². The van der Waals surface area contributed by atoms with Crippen LogP contribution in [0, 0.1) is 5.92 Å². The lowest BCUT2D eigenvalue weighted by Gasteiger charge is -2.34. The van der Waals surface area contributed by atoms with E-state index in [9.17, 15) is 14.4 Å². The molecule has 1 fully saturated rings. The van der Waals surface area contributed by atoms with Crippen LogP contribution in [0.15, 0.2) is 0 Å². The number of rotatable bonds is 3. The van der Waals surface area contributed by atoms with Crippen LogP contribution in [0.2, 0.25) is 0 Å². The zero-order valence-electron chi connectivity index (χ0n) is 11.0. The topological polar surface area (TPSA) is 125 Å². The average Bonchev–Trinajstić information content (AvgIpc) is 2.29. The van der Waals surface area contributed by atoms with Gasteiger partial charge >= 0.3 is 12.2 Å². The average molecular weight is 273 g/mol. The molecular weight excluding hydrogens is 254 g/mol. The number of nitrogens with two attached hydrogens (primary N) is 2. The van der Waals surface area contributed by atoms with Gasteiger partial charge < -0.3 is 25.8 Å². The fourth-order valence-electron chi connectivity index (χ4n) is 2.25. The SMILES string of the molecule is CN(C)C(=O)[C@H]1CC[C@H](OC(N)=O)[C@H](OC(N)=O)C1. The van der Waals surface area contributed by atoms with Crippen molar-refractivity contribution in [2.45, 2.75) is 31.5 Å². The highest BCUT2D eigenvalue weighted by atomic mass is 16.6. The van der Waals surface area contributed by atoms with Gasteiger partial charge in [-0.25, -0.2) is 9.59 Å². The molecule has 0 aromatic carbocycles. The Morgan fingerprint density at radius 3 is 2.00 bits per heavy atom. The number of hydrogen-bond donors (Lipinski definition) is 2. The van der Waals surface area contributed by atoms with E-state index >= 15 is 0 Å². The van der Waals surface area contributed by atoms with E-state index in [-0.39, 0.29) is 18.2 Å². The normalized spacial score (nSPS) is 26.3. The molecule has 0 radical (unpaired) electrons. The van der Waals surface area contributed by atoms with Gasteiger partial charge in [-0.3, -0.25) is 4.79 Å². The summed E-state index contributed by atoms with van der Waals surface area (Å²) in [6, 6.07) is 0. The highest BCUT2D eigenvalue weighted by Crippen LogP contribution is 2.29. The molecule has 0 heterocycles. The summed E-state index contributed by atoms with van der Waals surface area (Å²) in [5, 5.41) is 0. The van der Waals surface area contributed by atoms with E-state index in [0.29, 0.717) is 12.8 Å². The molecule has 3 atom stereocenters. The molecule has 1 aliphatic carbocycles. The van der Waals surface area contributed by atoms with Crippen molar-refractivity contribution in [2.75, 3.05) is 14.1 Å². The van der Waals surface area contributed by atoms with Crippen LogP contribution in [-0.2, 0) is 14.3 Å². The lowest BCUT2D eigenvalue weighted by molar-refractivity contribution is -0.137. The number of ether oxygens (including phenoxy) is 2. The van der Waals surface area contributed by atoms with Gasteiger partial charge in [-0.2, -0.15) is 0 Å². The maximum Gasteiger partial charge on any atom is 0.404 e. The first kappa shape index (κ1) is 15.1. The predicted octanol–water partition coefficient (Wildman–Crippen LogP) is -0.197. The zero-order chi connectivity index (χ0) is 14.6. The maximum atomic E-state index is 11.9. The Bertz CT molecular complexity index is 371. The third kappa shape index (κ3) is 4.31. The van der Waals surface area contributed by atoms with E-state index in [2.05, 4.69) is 0 Å². The van der Waals surface area contributed by atoms with Gasteiger partial charge in [-0.05, 0) is 19.3 Å². The number of hydrogen-bond acceptors (Lipinski definition) is 5. The number of amides is 3. The molecule has 3 amide bonds. The number of nitrogens with zero attached hydrogens (tertiary/aromatic N) is 1. The molecule has 0 aromatic rings. The molecule has 1 aliphatic rings. The van der Waals surface area contributed by atoms with Gasteiger partial charge in [-0.15, -0.1) is 0 Å². The molecule has 1 saturated carbocycles. The van der Waals surface area contributed by atoms with Gasteiger partial charge in [0, 0.05) is 20.0 Å². The van der Waals surface area contributed by atoms with Gasteiger partial charge in [0.15, 0.2) is 0 Å². The quantitative estimate of drug-likeness (QED) is 0.736. The highest BCUT2D eigenvalue weighted by molar-refractivity contribution is 5.78. The number of carbonyl (C=O) groups excluding carboxylic acids is 3. The second-order valence-electron chi connectivity index (χ2n) is 4.69. The summed E-state index contributed by atoms with van der Waals surface area (Å²) in [7, 11) is 3.30. The fraction of sp³-hybridized carbons (Fsp3) is 0.727. The molecule has 0 bridgehead atoms. The van der Waals surface area contributed by atoms with Gasteiger partial charge in [0.05, 0.1) is 0 Å². The third-order valence-corrected chi connectivity index (χ3v) is 3.06. The Labute approximate surface area is 111 Å². The maximum absolute atomic E-state index is 11.9. The molecule has 4 N–H and O–H groups in total. The van der Waals surface area contributed by atoms with Crippen LogP contribution < -0.4 is 11.5 Å². The molecule has 1 rings (SSSR count). The van der Waals surface area contributed by atoms with E-state index in [1.54, 1.807) is 14.1 Å². The van der Waals surface area contributed by atoms with Gasteiger partial charge in [-0.1, -0.05) is 0 Å². The van der Waals surface area contributed by atoms with Crippen LogP contribution in [0.3, 0.4) is 0 Å². The molecule has 108 valence electrons. The minimum absolute atomic E-state index is 0.0596.